The van der Waals surface area contributed by atoms with Gasteiger partial charge in [-0.25, -0.2) is 0 Å². The normalized spacial score (nSPS) is 17.0. The van der Waals surface area contributed by atoms with Crippen molar-refractivity contribution in [2.75, 3.05) is 62.4 Å². The number of ether oxygens (including phenoxy) is 2. The molecule has 2 atom stereocenters. The van der Waals surface area contributed by atoms with Crippen molar-refractivity contribution in [1.82, 2.24) is 0 Å². The van der Waals surface area contributed by atoms with E-state index in [0.717, 1.165) is 63.7 Å². The zero-order valence-electron chi connectivity index (χ0n) is 24.2. The van der Waals surface area contributed by atoms with Crippen LogP contribution >= 0.6 is 0 Å². The first kappa shape index (κ1) is 28.2. The molecule has 6 rings (SSSR count). The highest BCUT2D eigenvalue weighted by atomic mass is 16.5. The van der Waals surface area contributed by atoms with Crippen molar-refractivity contribution < 1.29 is 14.3 Å². The second-order valence-electron chi connectivity index (χ2n) is 11.3. The number of nitrogens with zero attached hydrogens (tertiary/aromatic N) is 2. The fourth-order valence-corrected chi connectivity index (χ4v) is 6.19. The van der Waals surface area contributed by atoms with Crippen molar-refractivity contribution in [3.63, 3.8) is 0 Å². The van der Waals surface area contributed by atoms with Crippen LogP contribution in [-0.2, 0) is 27.1 Å². The van der Waals surface area contributed by atoms with Crippen molar-refractivity contribution >= 4 is 17.2 Å². The van der Waals surface area contributed by atoms with E-state index in [1.807, 2.05) is 12.1 Å². The lowest BCUT2D eigenvalue weighted by Crippen LogP contribution is -2.36. The van der Waals surface area contributed by atoms with Gasteiger partial charge in [0.25, 0.3) is 0 Å². The molecular weight excluding hydrogens is 520 g/mol. The van der Waals surface area contributed by atoms with E-state index in [2.05, 4.69) is 107 Å². The van der Waals surface area contributed by atoms with Crippen LogP contribution < -0.4 is 9.80 Å². The molecule has 5 heteroatoms. The van der Waals surface area contributed by atoms with E-state index in [0.29, 0.717) is 12.8 Å². The van der Waals surface area contributed by atoms with Gasteiger partial charge in [-0.1, -0.05) is 84.9 Å². The Kier molecular flexibility index (Phi) is 9.28. The van der Waals surface area contributed by atoms with E-state index in [-0.39, 0.29) is 17.6 Å². The Morgan fingerprint density at radius 3 is 1.24 bits per heavy atom. The third-order valence-electron chi connectivity index (χ3n) is 8.60. The van der Waals surface area contributed by atoms with Crippen LogP contribution in [0.1, 0.15) is 34.1 Å². The van der Waals surface area contributed by atoms with Gasteiger partial charge in [-0.3, -0.25) is 4.79 Å². The highest BCUT2D eigenvalue weighted by molar-refractivity contribution is 5.92. The molecule has 2 heterocycles. The summed E-state index contributed by atoms with van der Waals surface area (Å²) in [7, 11) is 0. The second kappa shape index (κ2) is 13.8. The van der Waals surface area contributed by atoms with Gasteiger partial charge in [-0.2, -0.15) is 0 Å². The third kappa shape index (κ3) is 6.92. The van der Waals surface area contributed by atoms with Gasteiger partial charge in [-0.05, 0) is 59.4 Å². The van der Waals surface area contributed by atoms with Gasteiger partial charge in [0, 0.05) is 49.4 Å². The van der Waals surface area contributed by atoms with E-state index < -0.39 is 0 Å². The quantitative estimate of drug-likeness (QED) is 0.228. The SMILES string of the molecule is O=C(C(Cc1ccccc1)c1ccc(N2CCOCC2)cc1)C(Cc1ccccc1)c1ccc(N2CCOCC2)cc1. The number of carbonyl (C=O) groups is 1. The second-order valence-corrected chi connectivity index (χ2v) is 11.3. The molecule has 0 bridgehead atoms. The topological polar surface area (TPSA) is 42.0 Å². The van der Waals surface area contributed by atoms with Gasteiger partial charge in [-0.15, -0.1) is 0 Å². The molecule has 2 aliphatic rings. The number of rotatable bonds is 10. The molecule has 0 spiro atoms. The Bertz CT molecular complexity index is 1290. The summed E-state index contributed by atoms with van der Waals surface area (Å²) in [4.78, 5) is 19.5. The van der Waals surface area contributed by atoms with Gasteiger partial charge < -0.3 is 19.3 Å². The minimum absolute atomic E-state index is 0.251. The molecule has 4 aromatic rings. The van der Waals surface area contributed by atoms with Crippen LogP contribution in [0, 0.1) is 0 Å². The van der Waals surface area contributed by atoms with Gasteiger partial charge in [0.1, 0.15) is 5.78 Å². The van der Waals surface area contributed by atoms with Crippen LogP contribution in [0.4, 0.5) is 11.4 Å². The number of morpholine rings is 2. The lowest BCUT2D eigenvalue weighted by molar-refractivity contribution is -0.122. The number of anilines is 2. The Labute approximate surface area is 249 Å². The molecule has 0 amide bonds. The minimum atomic E-state index is -0.251. The first-order valence-electron chi connectivity index (χ1n) is 15.2. The summed E-state index contributed by atoms with van der Waals surface area (Å²) in [6, 6.07) is 38.2. The predicted molar refractivity (Wildman–Crippen MR) is 170 cm³/mol. The highest BCUT2D eigenvalue weighted by Gasteiger charge is 2.30. The molecule has 2 unspecified atom stereocenters. The Morgan fingerprint density at radius 2 is 0.881 bits per heavy atom. The molecule has 0 saturated carbocycles. The summed E-state index contributed by atoms with van der Waals surface area (Å²) < 4.78 is 11.1. The lowest BCUT2D eigenvalue weighted by Gasteiger charge is -2.30. The lowest BCUT2D eigenvalue weighted by atomic mass is 9.78. The molecule has 5 nitrogen and oxygen atoms in total. The smallest absolute Gasteiger partial charge is 0.148 e. The summed E-state index contributed by atoms with van der Waals surface area (Å²) in [6.07, 6.45) is 1.35. The van der Waals surface area contributed by atoms with E-state index in [4.69, 9.17) is 9.47 Å². The largest absolute Gasteiger partial charge is 0.378 e. The van der Waals surface area contributed by atoms with Crippen LogP contribution in [0.3, 0.4) is 0 Å². The van der Waals surface area contributed by atoms with Gasteiger partial charge in [0.2, 0.25) is 0 Å². The Balaban J connectivity index is 1.32. The van der Waals surface area contributed by atoms with Gasteiger partial charge in [0.05, 0.1) is 26.4 Å². The molecule has 4 aromatic carbocycles. The van der Waals surface area contributed by atoms with Crippen molar-refractivity contribution in [1.29, 1.82) is 0 Å². The summed E-state index contributed by atoms with van der Waals surface area (Å²) in [5.74, 6) is -0.238. The fraction of sp³-hybridized carbons (Fsp3) is 0.324. The molecule has 0 aliphatic carbocycles. The van der Waals surface area contributed by atoms with Crippen molar-refractivity contribution in [3.05, 3.63) is 131 Å². The van der Waals surface area contributed by atoms with Crippen molar-refractivity contribution in [3.8, 4) is 0 Å². The summed E-state index contributed by atoms with van der Waals surface area (Å²) in [5.41, 5.74) is 6.87. The first-order chi connectivity index (χ1) is 20.7. The number of ketones is 1. The fourth-order valence-electron chi connectivity index (χ4n) is 6.19. The van der Waals surface area contributed by atoms with Gasteiger partial charge >= 0.3 is 0 Å². The van der Waals surface area contributed by atoms with Gasteiger partial charge in [0.15, 0.2) is 0 Å². The zero-order chi connectivity index (χ0) is 28.6. The standard InChI is InChI=1S/C37H40N2O3/c40-37(35(27-29-7-3-1-4-8-29)31-11-15-33(16-12-31)38-19-23-41-24-20-38)36(28-30-9-5-2-6-10-30)32-13-17-34(18-14-32)39-21-25-42-26-22-39/h1-18,35-36H,19-28H2. The molecular formula is C37H40N2O3. The predicted octanol–water partition coefficient (Wildman–Crippen LogP) is 6.28. The summed E-state index contributed by atoms with van der Waals surface area (Å²) >= 11 is 0. The first-order valence-corrected chi connectivity index (χ1v) is 15.2. The van der Waals surface area contributed by atoms with Crippen LogP contribution in [-0.4, -0.2) is 58.4 Å². The van der Waals surface area contributed by atoms with Crippen LogP contribution in [0.5, 0.6) is 0 Å². The van der Waals surface area contributed by atoms with E-state index in [1.165, 1.54) is 22.5 Å². The summed E-state index contributed by atoms with van der Waals surface area (Å²) in [6.45, 7) is 6.59. The van der Waals surface area contributed by atoms with Crippen LogP contribution in [0.25, 0.3) is 0 Å². The average molecular weight is 561 g/mol. The minimum Gasteiger partial charge on any atom is -0.378 e. The van der Waals surface area contributed by atoms with E-state index in [9.17, 15) is 4.79 Å². The monoisotopic (exact) mass is 560 g/mol. The molecule has 2 aliphatic heterocycles. The van der Waals surface area contributed by atoms with Crippen LogP contribution in [0.15, 0.2) is 109 Å². The molecule has 0 N–H and O–H groups in total. The molecule has 0 radical (unpaired) electrons. The summed E-state index contributed by atoms with van der Waals surface area (Å²) in [5, 5.41) is 0. The molecule has 216 valence electrons. The maximum Gasteiger partial charge on any atom is 0.148 e. The average Bonchev–Trinajstić information content (AvgIpc) is 3.08. The number of hydrogen-bond acceptors (Lipinski definition) is 5. The Hall–Kier alpha value is -3.93. The number of carbonyl (C=O) groups excluding carboxylic acids is 1. The van der Waals surface area contributed by atoms with Crippen molar-refractivity contribution in [2.24, 2.45) is 0 Å². The van der Waals surface area contributed by atoms with E-state index >= 15 is 0 Å². The highest BCUT2D eigenvalue weighted by Crippen LogP contribution is 2.34. The maximum absolute atomic E-state index is 14.8. The molecule has 0 aromatic heterocycles. The molecule has 2 saturated heterocycles. The molecule has 42 heavy (non-hydrogen) atoms. The third-order valence-corrected chi connectivity index (χ3v) is 8.60. The number of hydrogen-bond donors (Lipinski definition) is 0. The number of Topliss-reactive ketones (excluding diaryl/α,β-unsaturated/α-hetero) is 1. The molecule has 2 fully saturated rings. The van der Waals surface area contributed by atoms with Crippen molar-refractivity contribution in [2.45, 2.75) is 24.7 Å². The van der Waals surface area contributed by atoms with E-state index in [1.54, 1.807) is 0 Å². The van der Waals surface area contributed by atoms with Crippen LogP contribution in [0.2, 0.25) is 0 Å². The zero-order valence-corrected chi connectivity index (χ0v) is 24.2. The number of benzene rings is 4. The maximum atomic E-state index is 14.8. The Morgan fingerprint density at radius 1 is 0.524 bits per heavy atom.